The third kappa shape index (κ3) is 3.28. The van der Waals surface area contributed by atoms with Crippen molar-refractivity contribution in [3.05, 3.63) is 11.6 Å². The van der Waals surface area contributed by atoms with E-state index in [0.717, 1.165) is 12.5 Å². The van der Waals surface area contributed by atoms with Crippen molar-refractivity contribution < 1.29 is 0 Å². The van der Waals surface area contributed by atoms with E-state index >= 15 is 0 Å². The molecule has 4 aliphatic carbocycles. The monoisotopic (exact) mass is 343 g/mol. The molecular weight excluding hydrogens is 306 g/mol. The van der Waals surface area contributed by atoms with Crippen LogP contribution in [0.1, 0.15) is 121 Å². The molecular formula is C22H37N3. The van der Waals surface area contributed by atoms with Crippen molar-refractivity contribution in [3.8, 4) is 0 Å². The van der Waals surface area contributed by atoms with Gasteiger partial charge in [0, 0.05) is 17.9 Å². The smallest absolute Gasteiger partial charge is 0.139 e. The van der Waals surface area contributed by atoms with Crippen molar-refractivity contribution in [3.63, 3.8) is 0 Å². The van der Waals surface area contributed by atoms with Crippen LogP contribution in [0.15, 0.2) is 0 Å². The van der Waals surface area contributed by atoms with Gasteiger partial charge in [0.15, 0.2) is 0 Å². The second-order valence-corrected chi connectivity index (χ2v) is 9.40. The van der Waals surface area contributed by atoms with E-state index in [-0.39, 0.29) is 0 Å². The van der Waals surface area contributed by atoms with E-state index in [1.165, 1.54) is 102 Å². The van der Waals surface area contributed by atoms with Gasteiger partial charge in [0.1, 0.15) is 11.6 Å². The van der Waals surface area contributed by atoms with E-state index in [2.05, 4.69) is 18.4 Å². The fourth-order valence-corrected chi connectivity index (χ4v) is 5.61. The molecule has 0 aliphatic heterocycles. The molecule has 2 bridgehead atoms. The Kier molecular flexibility index (Phi) is 4.94. The predicted molar refractivity (Wildman–Crippen MR) is 103 cm³/mol. The lowest BCUT2D eigenvalue weighted by Crippen LogP contribution is -2.45. The lowest BCUT2D eigenvalue weighted by atomic mass is 9.52. The second-order valence-electron chi connectivity index (χ2n) is 9.40. The molecule has 0 unspecified atom stereocenters. The fourth-order valence-electron chi connectivity index (χ4n) is 5.61. The standard InChI is InChI=1S/C22H37N3/c1-3-5-7-10-21-11-14-22(15-12-21,16-13-21)20-24-23-19(18-8-9-18)25(20)17-6-4-2/h18H,3-17H2,1-2H3. The molecule has 4 aliphatic rings. The summed E-state index contributed by atoms with van der Waals surface area (Å²) in [5.74, 6) is 3.42. The van der Waals surface area contributed by atoms with Gasteiger partial charge < -0.3 is 4.57 Å². The van der Waals surface area contributed by atoms with Crippen molar-refractivity contribution in [1.29, 1.82) is 0 Å². The molecule has 140 valence electrons. The van der Waals surface area contributed by atoms with Crippen LogP contribution in [0.25, 0.3) is 0 Å². The fraction of sp³-hybridized carbons (Fsp3) is 0.909. The van der Waals surface area contributed by atoms with Crippen molar-refractivity contribution in [1.82, 2.24) is 14.8 Å². The molecule has 0 aromatic carbocycles. The molecule has 4 saturated carbocycles. The summed E-state index contributed by atoms with van der Waals surface area (Å²) in [5.41, 5.74) is 1.05. The lowest BCUT2D eigenvalue weighted by Gasteiger charge is -2.53. The highest BCUT2D eigenvalue weighted by Gasteiger charge is 2.51. The zero-order valence-corrected chi connectivity index (χ0v) is 16.5. The second kappa shape index (κ2) is 7.04. The number of hydrogen-bond acceptors (Lipinski definition) is 2. The van der Waals surface area contributed by atoms with Crippen LogP contribution < -0.4 is 0 Å². The summed E-state index contributed by atoms with van der Waals surface area (Å²) in [7, 11) is 0. The molecule has 0 radical (unpaired) electrons. The highest BCUT2D eigenvalue weighted by molar-refractivity contribution is 5.20. The molecule has 25 heavy (non-hydrogen) atoms. The first-order chi connectivity index (χ1) is 12.2. The summed E-state index contributed by atoms with van der Waals surface area (Å²) in [6, 6.07) is 0. The van der Waals surface area contributed by atoms with Gasteiger partial charge in [0.25, 0.3) is 0 Å². The van der Waals surface area contributed by atoms with Gasteiger partial charge in [-0.15, -0.1) is 10.2 Å². The Balaban J connectivity index is 1.51. The molecule has 3 heteroatoms. The number of fused-ring (bicyclic) bond motifs is 3. The topological polar surface area (TPSA) is 30.7 Å². The number of nitrogens with zero attached hydrogens (tertiary/aromatic N) is 3. The minimum Gasteiger partial charge on any atom is -0.314 e. The van der Waals surface area contributed by atoms with E-state index in [9.17, 15) is 0 Å². The van der Waals surface area contributed by atoms with Gasteiger partial charge in [0.2, 0.25) is 0 Å². The summed E-state index contributed by atoms with van der Waals surface area (Å²) in [5, 5.41) is 9.54. The van der Waals surface area contributed by atoms with Crippen LogP contribution in [-0.2, 0) is 12.0 Å². The molecule has 0 spiro atoms. The Hall–Kier alpha value is -0.860. The third-order valence-corrected chi connectivity index (χ3v) is 7.64. The summed E-state index contributed by atoms with van der Waals surface area (Å²) < 4.78 is 2.58. The van der Waals surface area contributed by atoms with Crippen molar-refractivity contribution in [2.45, 2.75) is 122 Å². The molecule has 1 heterocycles. The minimum atomic E-state index is 0.361. The van der Waals surface area contributed by atoms with Gasteiger partial charge in [-0.1, -0.05) is 39.5 Å². The number of aromatic nitrogens is 3. The largest absolute Gasteiger partial charge is 0.314 e. The average molecular weight is 344 g/mol. The Labute approximate surface area is 154 Å². The Morgan fingerprint density at radius 3 is 2.16 bits per heavy atom. The van der Waals surface area contributed by atoms with E-state index in [1.54, 1.807) is 0 Å². The van der Waals surface area contributed by atoms with Gasteiger partial charge in [-0.25, -0.2) is 0 Å². The molecule has 0 atom stereocenters. The SMILES string of the molecule is CCCCCC12CCC(c3nnc(C4CC4)n3CCCC)(CC1)CC2. The Morgan fingerprint density at radius 1 is 0.880 bits per heavy atom. The quantitative estimate of drug-likeness (QED) is 0.505. The Morgan fingerprint density at radius 2 is 1.56 bits per heavy atom. The number of rotatable bonds is 9. The van der Waals surface area contributed by atoms with Crippen LogP contribution in [0.5, 0.6) is 0 Å². The zero-order valence-electron chi connectivity index (χ0n) is 16.5. The van der Waals surface area contributed by atoms with Gasteiger partial charge in [0.05, 0.1) is 0 Å². The van der Waals surface area contributed by atoms with Crippen LogP contribution in [0.2, 0.25) is 0 Å². The molecule has 1 aromatic heterocycles. The maximum absolute atomic E-state index is 4.83. The van der Waals surface area contributed by atoms with Gasteiger partial charge >= 0.3 is 0 Å². The van der Waals surface area contributed by atoms with E-state index in [1.807, 2.05) is 0 Å². The van der Waals surface area contributed by atoms with Crippen molar-refractivity contribution >= 4 is 0 Å². The first-order valence-electron chi connectivity index (χ1n) is 11.2. The summed E-state index contributed by atoms with van der Waals surface area (Å²) >= 11 is 0. The molecule has 1 aromatic rings. The minimum absolute atomic E-state index is 0.361. The van der Waals surface area contributed by atoms with E-state index < -0.39 is 0 Å². The summed E-state index contributed by atoms with van der Waals surface area (Å²) in [6.07, 6.45) is 19.3. The lowest BCUT2D eigenvalue weighted by molar-refractivity contribution is 0.0244. The average Bonchev–Trinajstić information content (AvgIpc) is 3.41. The van der Waals surface area contributed by atoms with Crippen LogP contribution in [0, 0.1) is 5.41 Å². The first kappa shape index (κ1) is 17.5. The maximum Gasteiger partial charge on any atom is 0.139 e. The number of unbranched alkanes of at least 4 members (excludes halogenated alkanes) is 3. The molecule has 0 saturated heterocycles. The maximum atomic E-state index is 4.83. The molecule has 4 fully saturated rings. The van der Waals surface area contributed by atoms with E-state index in [0.29, 0.717) is 10.8 Å². The van der Waals surface area contributed by atoms with Gasteiger partial charge in [-0.3, -0.25) is 0 Å². The molecule has 0 N–H and O–H groups in total. The zero-order chi connectivity index (χ0) is 17.3. The highest BCUT2D eigenvalue weighted by atomic mass is 15.3. The molecule has 3 nitrogen and oxygen atoms in total. The first-order valence-corrected chi connectivity index (χ1v) is 11.2. The van der Waals surface area contributed by atoms with Crippen LogP contribution in [0.3, 0.4) is 0 Å². The molecule has 5 rings (SSSR count). The Bertz CT molecular complexity index is 560. The van der Waals surface area contributed by atoms with Gasteiger partial charge in [-0.05, 0) is 69.6 Å². The predicted octanol–water partition coefficient (Wildman–Crippen LogP) is 6.13. The summed E-state index contributed by atoms with van der Waals surface area (Å²) in [4.78, 5) is 0. The van der Waals surface area contributed by atoms with Gasteiger partial charge in [-0.2, -0.15) is 0 Å². The van der Waals surface area contributed by atoms with Crippen LogP contribution in [0.4, 0.5) is 0 Å². The summed E-state index contributed by atoms with van der Waals surface area (Å²) in [6.45, 7) is 5.77. The third-order valence-electron chi connectivity index (χ3n) is 7.64. The highest BCUT2D eigenvalue weighted by Crippen LogP contribution is 2.59. The van der Waals surface area contributed by atoms with Crippen molar-refractivity contribution in [2.75, 3.05) is 0 Å². The van der Waals surface area contributed by atoms with Crippen LogP contribution in [-0.4, -0.2) is 14.8 Å². The van der Waals surface area contributed by atoms with E-state index in [4.69, 9.17) is 10.2 Å². The van der Waals surface area contributed by atoms with Crippen LogP contribution >= 0.6 is 0 Å². The van der Waals surface area contributed by atoms with Crippen molar-refractivity contribution in [2.24, 2.45) is 5.41 Å². The molecule has 0 amide bonds. The number of hydrogen-bond donors (Lipinski definition) is 0. The normalized spacial score (nSPS) is 31.6.